The quantitative estimate of drug-likeness (QED) is 0.940. The van der Waals surface area contributed by atoms with Gasteiger partial charge in [0.05, 0.1) is 6.61 Å². The van der Waals surface area contributed by atoms with Crippen molar-refractivity contribution in [1.82, 2.24) is 5.32 Å². The van der Waals surface area contributed by atoms with Crippen molar-refractivity contribution in [1.29, 1.82) is 0 Å². The Labute approximate surface area is 130 Å². The number of benzene rings is 2. The van der Waals surface area contributed by atoms with Crippen molar-refractivity contribution in [3.8, 4) is 5.75 Å². The van der Waals surface area contributed by atoms with Gasteiger partial charge in [0.25, 0.3) is 0 Å². The summed E-state index contributed by atoms with van der Waals surface area (Å²) in [6.45, 7) is 4.00. The van der Waals surface area contributed by atoms with Crippen molar-refractivity contribution in [2.24, 2.45) is 0 Å². The van der Waals surface area contributed by atoms with Crippen LogP contribution in [0.15, 0.2) is 48.5 Å². The minimum atomic E-state index is -0.343. The maximum atomic E-state index is 14.1. The lowest BCUT2D eigenvalue weighted by Crippen LogP contribution is -2.43. The Morgan fingerprint density at radius 2 is 2.00 bits per heavy atom. The van der Waals surface area contributed by atoms with E-state index in [1.165, 1.54) is 6.07 Å². The third kappa shape index (κ3) is 3.29. The molecule has 0 aromatic heterocycles. The third-order valence-corrected chi connectivity index (χ3v) is 3.83. The maximum Gasteiger partial charge on any atom is 0.165 e. The van der Waals surface area contributed by atoms with E-state index < -0.39 is 0 Å². The number of para-hydroxylation sites is 1. The van der Waals surface area contributed by atoms with E-state index in [1.54, 1.807) is 6.07 Å². The van der Waals surface area contributed by atoms with Crippen LogP contribution in [-0.2, 0) is 4.74 Å². The van der Waals surface area contributed by atoms with Gasteiger partial charge in [0.1, 0.15) is 6.10 Å². The molecule has 2 aromatic carbocycles. The second-order valence-electron chi connectivity index (χ2n) is 5.45. The molecule has 4 heteroatoms. The van der Waals surface area contributed by atoms with Crippen LogP contribution in [0.25, 0.3) is 0 Å². The summed E-state index contributed by atoms with van der Waals surface area (Å²) in [5.41, 5.74) is 1.77. The van der Waals surface area contributed by atoms with E-state index in [4.69, 9.17) is 9.47 Å². The second kappa shape index (κ2) is 6.90. The van der Waals surface area contributed by atoms with Gasteiger partial charge in [-0.15, -0.1) is 0 Å². The fraction of sp³-hybridized carbons (Fsp3) is 0.333. The van der Waals surface area contributed by atoms with Gasteiger partial charge in [0, 0.05) is 13.1 Å². The van der Waals surface area contributed by atoms with E-state index in [1.807, 2.05) is 43.3 Å². The number of halogens is 1. The number of hydrogen-bond acceptors (Lipinski definition) is 3. The molecule has 1 aliphatic rings. The topological polar surface area (TPSA) is 30.5 Å². The fourth-order valence-corrected chi connectivity index (χ4v) is 2.67. The molecule has 1 heterocycles. The van der Waals surface area contributed by atoms with Crippen LogP contribution in [0.2, 0.25) is 0 Å². The van der Waals surface area contributed by atoms with Crippen LogP contribution in [-0.4, -0.2) is 25.8 Å². The molecule has 1 saturated heterocycles. The van der Waals surface area contributed by atoms with Gasteiger partial charge in [-0.3, -0.25) is 0 Å². The van der Waals surface area contributed by atoms with Gasteiger partial charge in [-0.1, -0.05) is 42.5 Å². The Morgan fingerprint density at radius 1 is 1.18 bits per heavy atom. The molecule has 2 atom stereocenters. The Hall–Kier alpha value is -1.91. The summed E-state index contributed by atoms with van der Waals surface area (Å²) in [6.07, 6.45) is -0.486. The molecule has 0 amide bonds. The summed E-state index contributed by atoms with van der Waals surface area (Å²) in [5.74, 6) is -0.0461. The van der Waals surface area contributed by atoms with E-state index in [0.717, 1.165) is 17.7 Å². The summed E-state index contributed by atoms with van der Waals surface area (Å²) in [5, 5.41) is 3.30. The predicted octanol–water partition coefficient (Wildman–Crippen LogP) is 3.24. The largest absolute Gasteiger partial charge is 0.480 e. The van der Waals surface area contributed by atoms with Gasteiger partial charge in [0.2, 0.25) is 0 Å². The Balaban J connectivity index is 1.91. The smallest absolute Gasteiger partial charge is 0.165 e. The molecule has 1 aliphatic heterocycles. The summed E-state index contributed by atoms with van der Waals surface area (Å²) < 4.78 is 26.0. The van der Waals surface area contributed by atoms with Crippen molar-refractivity contribution in [3.05, 3.63) is 65.5 Å². The van der Waals surface area contributed by atoms with E-state index in [2.05, 4.69) is 5.32 Å². The van der Waals surface area contributed by atoms with Crippen molar-refractivity contribution >= 4 is 0 Å². The monoisotopic (exact) mass is 301 g/mol. The van der Waals surface area contributed by atoms with Crippen molar-refractivity contribution < 1.29 is 13.9 Å². The molecule has 1 fully saturated rings. The number of ether oxygens (including phenoxy) is 2. The summed E-state index contributed by atoms with van der Waals surface area (Å²) in [6, 6.07) is 14.8. The van der Waals surface area contributed by atoms with Crippen LogP contribution in [0.1, 0.15) is 17.2 Å². The lowest BCUT2D eigenvalue weighted by Gasteiger charge is -2.32. The van der Waals surface area contributed by atoms with Gasteiger partial charge < -0.3 is 14.8 Å². The maximum absolute atomic E-state index is 14.1. The van der Waals surface area contributed by atoms with E-state index in [9.17, 15) is 4.39 Å². The number of aryl methyl sites for hydroxylation is 1. The molecule has 22 heavy (non-hydrogen) atoms. The van der Waals surface area contributed by atoms with E-state index >= 15 is 0 Å². The first-order valence-electron chi connectivity index (χ1n) is 7.55. The zero-order valence-corrected chi connectivity index (χ0v) is 12.6. The summed E-state index contributed by atoms with van der Waals surface area (Å²) in [4.78, 5) is 0. The highest BCUT2D eigenvalue weighted by Gasteiger charge is 2.29. The average molecular weight is 301 g/mol. The number of morpholine rings is 1. The molecule has 0 spiro atoms. The molecule has 1 N–H and O–H groups in total. The molecule has 116 valence electrons. The summed E-state index contributed by atoms with van der Waals surface area (Å²) in [7, 11) is 0. The lowest BCUT2D eigenvalue weighted by atomic mass is 10.0. The van der Waals surface area contributed by atoms with Gasteiger partial charge in [0.15, 0.2) is 17.7 Å². The SMILES string of the molecule is Cc1cccc(F)c1O[C@@H](c1ccccc1)[C@H]1CNCCO1. The first-order chi connectivity index (χ1) is 10.8. The highest BCUT2D eigenvalue weighted by Crippen LogP contribution is 2.31. The number of hydrogen-bond donors (Lipinski definition) is 1. The highest BCUT2D eigenvalue weighted by molar-refractivity contribution is 5.35. The van der Waals surface area contributed by atoms with E-state index in [-0.39, 0.29) is 18.0 Å². The molecular weight excluding hydrogens is 281 g/mol. The molecule has 0 bridgehead atoms. The third-order valence-electron chi connectivity index (χ3n) is 3.83. The first kappa shape index (κ1) is 15.0. The summed E-state index contributed by atoms with van der Waals surface area (Å²) >= 11 is 0. The second-order valence-corrected chi connectivity index (χ2v) is 5.45. The molecule has 2 aromatic rings. The van der Waals surface area contributed by atoms with Crippen LogP contribution >= 0.6 is 0 Å². The zero-order valence-electron chi connectivity index (χ0n) is 12.6. The normalized spacial score (nSPS) is 19.6. The van der Waals surface area contributed by atoms with Gasteiger partial charge in [-0.2, -0.15) is 0 Å². The number of nitrogens with one attached hydrogen (secondary N) is 1. The molecule has 0 radical (unpaired) electrons. The number of rotatable bonds is 4. The van der Waals surface area contributed by atoms with Gasteiger partial charge in [-0.05, 0) is 24.1 Å². The standard InChI is InChI=1S/C18H20FNO2/c1-13-6-5-9-15(19)17(13)22-18(14-7-3-2-4-8-14)16-12-20-10-11-21-16/h2-9,16,18,20H,10-12H2,1H3/t16-,18+/m1/s1. The van der Waals surface area contributed by atoms with Crippen molar-refractivity contribution in [2.45, 2.75) is 19.1 Å². The highest BCUT2D eigenvalue weighted by atomic mass is 19.1. The predicted molar refractivity (Wildman–Crippen MR) is 83.6 cm³/mol. The lowest BCUT2D eigenvalue weighted by molar-refractivity contribution is -0.0444. The van der Waals surface area contributed by atoms with Crippen LogP contribution in [0, 0.1) is 12.7 Å². The molecule has 0 unspecified atom stereocenters. The molecular formula is C18H20FNO2. The van der Waals surface area contributed by atoms with Crippen LogP contribution in [0.5, 0.6) is 5.75 Å². The van der Waals surface area contributed by atoms with Crippen molar-refractivity contribution in [2.75, 3.05) is 19.7 Å². The molecule has 3 nitrogen and oxygen atoms in total. The minimum Gasteiger partial charge on any atom is -0.480 e. The first-order valence-corrected chi connectivity index (χ1v) is 7.55. The molecule has 0 saturated carbocycles. The average Bonchev–Trinajstić information content (AvgIpc) is 2.56. The van der Waals surface area contributed by atoms with Crippen LogP contribution in [0.4, 0.5) is 4.39 Å². The van der Waals surface area contributed by atoms with E-state index in [0.29, 0.717) is 18.9 Å². The Kier molecular flexibility index (Phi) is 4.71. The molecule has 0 aliphatic carbocycles. The molecule has 3 rings (SSSR count). The van der Waals surface area contributed by atoms with Crippen LogP contribution in [0.3, 0.4) is 0 Å². The Bertz CT molecular complexity index is 591. The fourth-order valence-electron chi connectivity index (χ4n) is 2.67. The van der Waals surface area contributed by atoms with Gasteiger partial charge >= 0.3 is 0 Å². The minimum absolute atomic E-state index is 0.143. The van der Waals surface area contributed by atoms with Crippen molar-refractivity contribution in [3.63, 3.8) is 0 Å². The zero-order chi connectivity index (χ0) is 15.4. The van der Waals surface area contributed by atoms with Crippen LogP contribution < -0.4 is 10.1 Å². The Morgan fingerprint density at radius 3 is 2.68 bits per heavy atom. The van der Waals surface area contributed by atoms with Gasteiger partial charge in [-0.25, -0.2) is 4.39 Å².